The number of aromatic nitrogens is 4. The summed E-state index contributed by atoms with van der Waals surface area (Å²) in [6.07, 6.45) is -2.96. The highest BCUT2D eigenvalue weighted by Crippen LogP contribution is 2.34. The molecule has 2 aromatic heterocycles. The van der Waals surface area contributed by atoms with Crippen molar-refractivity contribution in [1.82, 2.24) is 19.7 Å². The Morgan fingerprint density at radius 2 is 1.79 bits per heavy atom. The Bertz CT molecular complexity index is 1350. The number of halogens is 5. The van der Waals surface area contributed by atoms with Gasteiger partial charge in [0.2, 0.25) is 11.8 Å². The van der Waals surface area contributed by atoms with Crippen LogP contribution in [-0.4, -0.2) is 25.7 Å². The zero-order valence-electron chi connectivity index (χ0n) is 16.8. The second kappa shape index (κ2) is 8.77. The normalized spacial score (nSPS) is 11.3. The van der Waals surface area contributed by atoms with E-state index in [-0.39, 0.29) is 29.0 Å². The first-order valence-electron chi connectivity index (χ1n) is 9.40. The Hall–Kier alpha value is -4.55. The van der Waals surface area contributed by atoms with Gasteiger partial charge in [0.25, 0.3) is 5.91 Å². The lowest BCUT2D eigenvalue weighted by molar-refractivity contribution is -0.143. The average molecular weight is 476 g/mol. The van der Waals surface area contributed by atoms with Gasteiger partial charge in [0.15, 0.2) is 17.3 Å². The summed E-state index contributed by atoms with van der Waals surface area (Å²) in [7, 11) is 0. The maximum Gasteiger partial charge on any atom is 0.434 e. The van der Waals surface area contributed by atoms with E-state index in [2.05, 4.69) is 20.4 Å². The Morgan fingerprint density at radius 1 is 1.06 bits per heavy atom. The zero-order valence-corrected chi connectivity index (χ0v) is 16.8. The molecule has 174 valence electrons. The maximum atomic E-state index is 14.4. The van der Waals surface area contributed by atoms with E-state index < -0.39 is 35.0 Å². The Kier molecular flexibility index (Phi) is 5.84. The molecule has 0 atom stereocenters. The van der Waals surface area contributed by atoms with Crippen molar-refractivity contribution in [2.24, 2.45) is 0 Å². The molecule has 0 bridgehead atoms. The number of nitrogens with one attached hydrogen (secondary N) is 1. The third-order valence-electron chi connectivity index (χ3n) is 4.41. The van der Waals surface area contributed by atoms with Crippen LogP contribution in [0.1, 0.15) is 16.1 Å². The molecule has 0 saturated carbocycles. The number of hydrogen-bond donors (Lipinski definition) is 2. The highest BCUT2D eigenvalue weighted by Gasteiger charge is 2.40. The number of nitrogens with two attached hydrogens (primary N) is 1. The number of rotatable bonds is 5. The van der Waals surface area contributed by atoms with Gasteiger partial charge in [-0.05, 0) is 36.4 Å². The summed E-state index contributed by atoms with van der Waals surface area (Å²) in [6.45, 7) is 0. The first-order chi connectivity index (χ1) is 16.1. The van der Waals surface area contributed by atoms with Crippen LogP contribution >= 0.6 is 0 Å². The number of ether oxygens (including phenoxy) is 1. The maximum absolute atomic E-state index is 14.4. The van der Waals surface area contributed by atoms with Gasteiger partial charge < -0.3 is 15.8 Å². The fraction of sp³-hybridized carbons (Fsp3) is 0.0476. The molecule has 0 aliphatic carbocycles. The number of amides is 1. The standard InChI is InChI=1S/C21H13F5N6O2/c22-11-1-4-13(5-2-11)32-18(21(24,25)26)14(10-29-32)19(33)30-12-3-6-16(15(23)9-12)34-17-7-8-28-20(27)31-17/h1-10H,(H,30,33)(H2,27,28,31). The van der Waals surface area contributed by atoms with Crippen LogP contribution in [0.4, 0.5) is 33.6 Å². The molecule has 0 aliphatic heterocycles. The highest BCUT2D eigenvalue weighted by molar-refractivity contribution is 6.05. The molecule has 3 N–H and O–H groups in total. The van der Waals surface area contributed by atoms with Gasteiger partial charge in [0.05, 0.1) is 17.4 Å². The third-order valence-corrected chi connectivity index (χ3v) is 4.41. The number of nitrogens with zero attached hydrogens (tertiary/aromatic N) is 4. The fourth-order valence-electron chi connectivity index (χ4n) is 2.95. The largest absolute Gasteiger partial charge is 0.436 e. The molecule has 4 rings (SSSR count). The second-order valence-electron chi connectivity index (χ2n) is 6.75. The minimum atomic E-state index is -4.97. The van der Waals surface area contributed by atoms with Crippen LogP contribution in [0.25, 0.3) is 5.69 Å². The first-order valence-corrected chi connectivity index (χ1v) is 9.40. The summed E-state index contributed by atoms with van der Waals surface area (Å²) in [5.74, 6) is -3.16. The number of anilines is 2. The highest BCUT2D eigenvalue weighted by atomic mass is 19.4. The summed E-state index contributed by atoms with van der Waals surface area (Å²) >= 11 is 0. The van der Waals surface area contributed by atoms with E-state index in [1.807, 2.05) is 0 Å². The molecular formula is C21H13F5N6O2. The lowest BCUT2D eigenvalue weighted by Crippen LogP contribution is -2.20. The van der Waals surface area contributed by atoms with Crippen LogP contribution in [0, 0.1) is 11.6 Å². The van der Waals surface area contributed by atoms with Gasteiger partial charge in [-0.3, -0.25) is 4.79 Å². The Balaban J connectivity index is 1.59. The van der Waals surface area contributed by atoms with Crippen molar-refractivity contribution >= 4 is 17.5 Å². The molecule has 0 fully saturated rings. The lowest BCUT2D eigenvalue weighted by atomic mass is 10.2. The van der Waals surface area contributed by atoms with Crippen molar-refractivity contribution in [2.45, 2.75) is 6.18 Å². The van der Waals surface area contributed by atoms with E-state index in [0.717, 1.165) is 42.6 Å². The van der Waals surface area contributed by atoms with Crippen molar-refractivity contribution in [3.63, 3.8) is 0 Å². The van der Waals surface area contributed by atoms with Crippen molar-refractivity contribution in [3.8, 4) is 17.3 Å². The zero-order chi connectivity index (χ0) is 24.5. The fourth-order valence-corrected chi connectivity index (χ4v) is 2.95. The minimum Gasteiger partial charge on any atom is -0.436 e. The molecule has 13 heteroatoms. The molecule has 0 radical (unpaired) electrons. The summed E-state index contributed by atoms with van der Waals surface area (Å²) in [4.78, 5) is 20.0. The van der Waals surface area contributed by atoms with E-state index in [9.17, 15) is 26.7 Å². The van der Waals surface area contributed by atoms with Crippen molar-refractivity contribution in [1.29, 1.82) is 0 Å². The van der Waals surface area contributed by atoms with Gasteiger partial charge in [0, 0.05) is 24.0 Å². The molecule has 0 unspecified atom stereocenters. The molecule has 4 aromatic rings. The van der Waals surface area contributed by atoms with Gasteiger partial charge in [-0.25, -0.2) is 18.4 Å². The van der Waals surface area contributed by atoms with E-state index in [4.69, 9.17) is 10.5 Å². The van der Waals surface area contributed by atoms with E-state index in [1.54, 1.807) is 0 Å². The SMILES string of the molecule is Nc1nccc(Oc2ccc(NC(=O)c3cnn(-c4ccc(F)cc4)c3C(F)(F)F)cc2F)n1. The van der Waals surface area contributed by atoms with E-state index in [0.29, 0.717) is 4.68 Å². The number of alkyl halides is 3. The van der Waals surface area contributed by atoms with Crippen molar-refractivity contribution in [3.05, 3.63) is 83.8 Å². The first kappa shape index (κ1) is 22.6. The number of hydrogen-bond acceptors (Lipinski definition) is 6. The quantitative estimate of drug-likeness (QED) is 0.408. The second-order valence-corrected chi connectivity index (χ2v) is 6.75. The van der Waals surface area contributed by atoms with Gasteiger partial charge in [0.1, 0.15) is 5.82 Å². The molecule has 2 aromatic carbocycles. The summed E-state index contributed by atoms with van der Waals surface area (Å²) in [5.41, 5.74) is 2.99. The summed E-state index contributed by atoms with van der Waals surface area (Å²) in [5, 5.41) is 5.82. The van der Waals surface area contributed by atoms with Gasteiger partial charge >= 0.3 is 6.18 Å². The van der Waals surface area contributed by atoms with Gasteiger partial charge in [-0.2, -0.15) is 23.3 Å². The van der Waals surface area contributed by atoms with Crippen LogP contribution in [0.3, 0.4) is 0 Å². The van der Waals surface area contributed by atoms with Crippen LogP contribution in [0.5, 0.6) is 11.6 Å². The predicted molar refractivity (Wildman–Crippen MR) is 109 cm³/mol. The smallest absolute Gasteiger partial charge is 0.434 e. The monoisotopic (exact) mass is 476 g/mol. The Morgan fingerprint density at radius 3 is 2.44 bits per heavy atom. The molecular weight excluding hydrogens is 463 g/mol. The Labute approximate surface area is 187 Å². The number of carbonyl (C=O) groups excluding carboxylic acids is 1. The number of nitrogen functional groups attached to an aromatic ring is 1. The average Bonchev–Trinajstić information content (AvgIpc) is 3.22. The molecule has 0 aliphatic rings. The topological polar surface area (TPSA) is 108 Å². The van der Waals surface area contributed by atoms with Crippen molar-refractivity contribution in [2.75, 3.05) is 11.1 Å². The van der Waals surface area contributed by atoms with Crippen LogP contribution in [-0.2, 0) is 6.18 Å². The molecule has 2 heterocycles. The molecule has 0 spiro atoms. The van der Waals surface area contributed by atoms with E-state index >= 15 is 0 Å². The van der Waals surface area contributed by atoms with Crippen molar-refractivity contribution < 1.29 is 31.5 Å². The minimum absolute atomic E-state index is 0.0359. The van der Waals surface area contributed by atoms with Crippen LogP contribution < -0.4 is 15.8 Å². The summed E-state index contributed by atoms with van der Waals surface area (Å²) < 4.78 is 74.6. The lowest BCUT2D eigenvalue weighted by Gasteiger charge is -2.13. The number of benzene rings is 2. The summed E-state index contributed by atoms with van der Waals surface area (Å²) in [6, 6.07) is 8.64. The van der Waals surface area contributed by atoms with Gasteiger partial charge in [-0.15, -0.1) is 0 Å². The predicted octanol–water partition coefficient (Wildman–Crippen LogP) is 4.59. The van der Waals surface area contributed by atoms with Crippen LogP contribution in [0.2, 0.25) is 0 Å². The van der Waals surface area contributed by atoms with E-state index in [1.165, 1.54) is 18.3 Å². The molecule has 0 saturated heterocycles. The molecule has 34 heavy (non-hydrogen) atoms. The molecule has 8 nitrogen and oxygen atoms in total. The van der Waals surface area contributed by atoms with Crippen LogP contribution in [0.15, 0.2) is 60.9 Å². The third kappa shape index (κ3) is 4.77. The molecule has 1 amide bonds. The van der Waals surface area contributed by atoms with Gasteiger partial charge in [-0.1, -0.05) is 0 Å². The number of carbonyl (C=O) groups is 1.